The second kappa shape index (κ2) is 50.5. The first-order chi connectivity index (χ1) is 53.6. The smallest absolute Gasteiger partial charge is 0.0125 e. The van der Waals surface area contributed by atoms with Gasteiger partial charge in [0.05, 0.1) is 0 Å². The van der Waals surface area contributed by atoms with E-state index in [0.29, 0.717) is 0 Å². The zero-order valence-corrected chi connectivity index (χ0v) is 75.8. The lowest BCUT2D eigenvalue weighted by Crippen LogP contribution is -2.59. The summed E-state index contributed by atoms with van der Waals surface area (Å²) in [5.41, 5.74) is 0. The summed E-state index contributed by atoms with van der Waals surface area (Å²) in [6, 6.07) is 12.9. The van der Waals surface area contributed by atoms with E-state index in [2.05, 4.69) is 188 Å². The van der Waals surface area contributed by atoms with Gasteiger partial charge in [-0.3, -0.25) is 19.6 Å². The van der Waals surface area contributed by atoms with Crippen LogP contribution in [0.2, 0.25) is 0 Å². The summed E-state index contributed by atoms with van der Waals surface area (Å²) in [5, 5.41) is 23.7. The van der Waals surface area contributed by atoms with E-state index in [1.807, 2.05) is 0 Å². The van der Waals surface area contributed by atoms with E-state index in [1.165, 1.54) is 355 Å². The lowest BCUT2D eigenvalue weighted by atomic mass is 9.82. The first-order valence-corrected chi connectivity index (χ1v) is 49.3. The van der Waals surface area contributed by atoms with Gasteiger partial charge in [-0.15, -0.1) is 0 Å². The van der Waals surface area contributed by atoms with E-state index < -0.39 is 0 Å². The molecule has 644 valence electrons. The standard InChI is InChI=1S/C14H27N.C13H26N2.3C12H24N2.2C11H22N2.C10H20N2/c1-3-12-7-9-15(10-8-12)14-6-5-13(4-2)11-14;1-3-11-8-9-15(10-11)13-6-4-12(14-2)5-7-13;1-3-10-8-14(9-10)12-6-4-11(13-2)5-7-12;1-3-10-4-6-14(7-5-10)12-8-11(9-12)13-2;1-3-10-6-7-14(9-10)12-5-4-11(8-12)13-2;1-3-9-7-13(8-9)11-5-4-10(6-11)12-2;1-3-9-4-5-13(8-9)11-6-10(7-11)12-2;1-3-8-6-12(7-8)10-4-9(5-10)11-2/h12-14H,3-11H2,1-2H3;11-14H,3-10H2,1-2H3;3*10-13H,3-9H2,1-2H3;2*9-12H,3-8H2,1-2H3;8-11H,3-7H2,1-2H3. The lowest BCUT2D eigenvalue weighted by Gasteiger charge is -2.50. The Hall–Kier alpha value is -0.600. The van der Waals surface area contributed by atoms with Gasteiger partial charge in [0, 0.05) is 150 Å². The van der Waals surface area contributed by atoms with Crippen LogP contribution < -0.4 is 37.2 Å². The number of likely N-dealkylation sites (tertiary alicyclic amines) is 8. The van der Waals surface area contributed by atoms with Crippen molar-refractivity contribution in [3.05, 3.63) is 0 Å². The molecule has 8 heterocycles. The third kappa shape index (κ3) is 28.8. The number of hydrogen-bond acceptors (Lipinski definition) is 15. The van der Waals surface area contributed by atoms with Crippen molar-refractivity contribution < 1.29 is 0 Å². The van der Waals surface area contributed by atoms with E-state index in [1.54, 1.807) is 0 Å². The monoisotopic (exact) mass is 1540 g/mol. The molecule has 0 aromatic carbocycles. The number of nitrogens with one attached hydrogen (secondary N) is 7. The molecule has 8 saturated carbocycles. The molecule has 16 fully saturated rings. The fourth-order valence-corrected chi connectivity index (χ4v) is 23.2. The van der Waals surface area contributed by atoms with Gasteiger partial charge in [-0.1, -0.05) is 120 Å². The highest BCUT2D eigenvalue weighted by Gasteiger charge is 2.42. The number of piperidine rings is 2. The summed E-state index contributed by atoms with van der Waals surface area (Å²) in [5.74, 6) is 9.10. The summed E-state index contributed by atoms with van der Waals surface area (Å²) in [6.07, 6.45) is 54.9. The molecule has 0 amide bonds. The number of hydrogen-bond donors (Lipinski definition) is 7. The average Bonchev–Trinajstić information content (AvgIpc) is 0.826. The maximum absolute atomic E-state index is 3.42. The van der Waals surface area contributed by atoms with Gasteiger partial charge in [0.2, 0.25) is 0 Å². The van der Waals surface area contributed by atoms with Gasteiger partial charge in [-0.25, -0.2) is 0 Å². The molecule has 8 aliphatic carbocycles. The SMILES string of the molecule is CCC1CCN(C2CC(NC)C2)C1.CCC1CCN(C2CC(NC)C2)CC1.CCC1CCN(C2CCC(CC)C2)CC1.CCC1CCN(C2CCC(NC)C2)C1.CCC1CCN(C2CCC(NC)CC2)C1.CCC1CN(C2CC(NC)C2)C1.CCC1CN(C2CCC(NC)C2)C1.CCC1CN(C2CCC(NC)CC2)C1. The second-order valence-electron chi connectivity index (χ2n) is 39.7. The van der Waals surface area contributed by atoms with Gasteiger partial charge < -0.3 is 56.8 Å². The maximum atomic E-state index is 3.42. The van der Waals surface area contributed by atoms with E-state index >= 15 is 0 Å². The Bertz CT molecular complexity index is 2150. The van der Waals surface area contributed by atoms with Crippen LogP contribution in [0.3, 0.4) is 0 Å². The molecule has 0 aromatic rings. The molecule has 15 heteroatoms. The second-order valence-corrected chi connectivity index (χ2v) is 39.7. The van der Waals surface area contributed by atoms with Gasteiger partial charge in [-0.05, 0) is 341 Å². The van der Waals surface area contributed by atoms with Gasteiger partial charge >= 0.3 is 0 Å². The highest BCUT2D eigenvalue weighted by Crippen LogP contribution is 2.39. The molecule has 9 unspecified atom stereocenters. The van der Waals surface area contributed by atoms with Crippen LogP contribution in [0.25, 0.3) is 0 Å². The molecule has 0 radical (unpaired) electrons. The number of rotatable bonds is 24. The molecule has 8 saturated heterocycles. The fourth-order valence-electron chi connectivity index (χ4n) is 23.2. The highest BCUT2D eigenvalue weighted by molar-refractivity contribution is 4.99. The maximum Gasteiger partial charge on any atom is 0.0125 e. The van der Waals surface area contributed by atoms with Crippen LogP contribution in [0.15, 0.2) is 0 Å². The first-order valence-electron chi connectivity index (χ1n) is 49.3. The Balaban J connectivity index is 0.000000145. The minimum atomic E-state index is 0.792. The molecular weight excluding hydrogens is 1350 g/mol. The third-order valence-electron chi connectivity index (χ3n) is 33.4. The topological polar surface area (TPSA) is 110 Å². The summed E-state index contributed by atoms with van der Waals surface area (Å²) >= 11 is 0. The molecule has 15 nitrogen and oxygen atoms in total. The van der Waals surface area contributed by atoms with Crippen LogP contribution in [-0.4, -0.2) is 284 Å². The minimum absolute atomic E-state index is 0.792. The van der Waals surface area contributed by atoms with Crippen molar-refractivity contribution in [2.75, 3.05) is 154 Å². The average molecular weight is 1540 g/mol. The molecular formula is C95H189N15. The van der Waals surface area contributed by atoms with E-state index in [0.717, 1.165) is 144 Å². The number of nitrogens with zero attached hydrogens (tertiary/aromatic N) is 8. The molecule has 8 aliphatic heterocycles. The summed E-state index contributed by atoms with van der Waals surface area (Å²) in [6.45, 7) is 42.9. The predicted molar refractivity (Wildman–Crippen MR) is 475 cm³/mol. The summed E-state index contributed by atoms with van der Waals surface area (Å²) < 4.78 is 0. The normalized spacial score (nSPS) is 37.3. The highest BCUT2D eigenvalue weighted by atomic mass is 15.3. The van der Waals surface area contributed by atoms with Crippen molar-refractivity contribution in [2.45, 2.75) is 403 Å². The summed E-state index contributed by atoms with van der Waals surface area (Å²) in [4.78, 5) is 21.8. The fraction of sp³-hybridized carbons (Fsp3) is 1.00. The van der Waals surface area contributed by atoms with Gasteiger partial charge in [-0.2, -0.15) is 0 Å². The zero-order valence-electron chi connectivity index (χ0n) is 75.8. The Morgan fingerprint density at radius 1 is 0.164 bits per heavy atom. The zero-order chi connectivity index (χ0) is 78.3. The molecule has 16 aliphatic rings. The predicted octanol–water partition coefficient (Wildman–Crippen LogP) is 15.5. The third-order valence-corrected chi connectivity index (χ3v) is 33.4. The molecule has 0 aromatic heterocycles. The minimum Gasteiger partial charge on any atom is -0.317 e. The quantitative estimate of drug-likeness (QED) is 0.0498. The van der Waals surface area contributed by atoms with Crippen molar-refractivity contribution in [2.24, 2.45) is 53.3 Å². The van der Waals surface area contributed by atoms with Gasteiger partial charge in [0.15, 0.2) is 0 Å². The van der Waals surface area contributed by atoms with Gasteiger partial charge in [0.1, 0.15) is 0 Å². The molecule has 16 rings (SSSR count). The van der Waals surface area contributed by atoms with Crippen LogP contribution in [-0.2, 0) is 0 Å². The molecule has 110 heavy (non-hydrogen) atoms. The Kier molecular flexibility index (Phi) is 42.8. The van der Waals surface area contributed by atoms with Crippen molar-refractivity contribution in [3.63, 3.8) is 0 Å². The molecule has 7 N–H and O–H groups in total. The van der Waals surface area contributed by atoms with Crippen molar-refractivity contribution in [1.29, 1.82) is 0 Å². The van der Waals surface area contributed by atoms with E-state index in [4.69, 9.17) is 0 Å². The first kappa shape index (κ1) is 93.3. The van der Waals surface area contributed by atoms with Crippen molar-refractivity contribution in [3.8, 4) is 0 Å². The Labute approximate surface area is 683 Å². The van der Waals surface area contributed by atoms with Crippen LogP contribution in [0, 0.1) is 53.3 Å². The van der Waals surface area contributed by atoms with Crippen LogP contribution in [0.5, 0.6) is 0 Å². The van der Waals surface area contributed by atoms with Crippen LogP contribution in [0.4, 0.5) is 0 Å². The van der Waals surface area contributed by atoms with Crippen molar-refractivity contribution in [1.82, 2.24) is 76.4 Å². The molecule has 9 atom stereocenters. The Morgan fingerprint density at radius 2 is 0.373 bits per heavy atom. The van der Waals surface area contributed by atoms with Gasteiger partial charge in [0.25, 0.3) is 0 Å². The van der Waals surface area contributed by atoms with Crippen LogP contribution >= 0.6 is 0 Å². The Morgan fingerprint density at radius 3 is 0.691 bits per heavy atom. The molecule has 0 spiro atoms. The van der Waals surface area contributed by atoms with E-state index in [9.17, 15) is 0 Å². The van der Waals surface area contributed by atoms with Crippen molar-refractivity contribution >= 4 is 0 Å². The van der Waals surface area contributed by atoms with Crippen LogP contribution in [0.1, 0.15) is 313 Å². The largest absolute Gasteiger partial charge is 0.317 e. The van der Waals surface area contributed by atoms with E-state index in [-0.39, 0.29) is 0 Å². The summed E-state index contributed by atoms with van der Waals surface area (Å²) in [7, 11) is 14.6. The lowest BCUT2D eigenvalue weighted by molar-refractivity contribution is 0.00238. The molecule has 0 bridgehead atoms.